The fraction of sp³-hybridized carbons (Fsp3) is 0. The maximum atomic E-state index is 9.90. The van der Waals surface area contributed by atoms with Crippen LogP contribution < -0.4 is 0 Å². The molecule has 1 amide bonds. The molecule has 0 aromatic rings. The molecule has 0 radical (unpaired) electrons. The van der Waals surface area contributed by atoms with Crippen molar-refractivity contribution in [2.75, 3.05) is 0 Å². The first-order chi connectivity index (χ1) is 2.89. The number of rotatable bonds is 0. The molecule has 1 heterocycles. The van der Waals surface area contributed by atoms with Crippen molar-refractivity contribution in [1.29, 1.82) is 0 Å². The Morgan fingerprint density at radius 1 is 1.57 bits per heavy atom. The van der Waals surface area contributed by atoms with Crippen molar-refractivity contribution in [2.24, 2.45) is 10.2 Å². The third-order valence-corrected chi connectivity index (χ3v) is 0.440. The molecule has 0 spiro atoms. The highest BCUT2D eigenvalue weighted by Gasteiger charge is 1.92. The van der Waals surface area contributed by atoms with Gasteiger partial charge < -0.3 is 0 Å². The van der Waals surface area contributed by atoms with Crippen LogP contribution in [-0.2, 0) is 4.79 Å². The van der Waals surface area contributed by atoms with Crippen LogP contribution in [0.1, 0.15) is 0 Å². The summed E-state index contributed by atoms with van der Waals surface area (Å²) in [7, 11) is 0. The Balaban J connectivity index is 0.000000360. The van der Waals surface area contributed by atoms with Crippen molar-refractivity contribution >= 4 is 19.4 Å². The first-order valence-corrected chi connectivity index (χ1v) is 1.51. The zero-order valence-electron chi connectivity index (χ0n) is 3.46. The van der Waals surface area contributed by atoms with Crippen molar-refractivity contribution in [3.63, 3.8) is 0 Å². The number of carbonyl (C=O) groups is 1. The quantitative estimate of drug-likeness (QED) is 0.457. The van der Waals surface area contributed by atoms with E-state index in [-0.39, 0.29) is 19.4 Å². The second kappa shape index (κ2) is 2.52. The predicted octanol–water partition coefficient (Wildman–Crippen LogP) is 0.605. The van der Waals surface area contributed by atoms with E-state index in [4.69, 9.17) is 0 Å². The predicted molar refractivity (Wildman–Crippen MR) is 29.4 cm³/mol. The van der Waals surface area contributed by atoms with Gasteiger partial charge in [-0.1, -0.05) is 0 Å². The van der Waals surface area contributed by atoms with E-state index in [1.165, 1.54) is 12.3 Å². The van der Waals surface area contributed by atoms with Crippen LogP contribution in [0.4, 0.5) is 0 Å². The maximum absolute atomic E-state index is 9.90. The van der Waals surface area contributed by atoms with Crippen LogP contribution in [0.5, 0.6) is 0 Å². The van der Waals surface area contributed by atoms with Gasteiger partial charge in [-0.25, -0.2) is 0 Å². The third kappa shape index (κ3) is 1.50. The van der Waals surface area contributed by atoms with Gasteiger partial charge in [0.25, 0.3) is 5.91 Å². The molecule has 0 fully saturated rings. The van der Waals surface area contributed by atoms with Gasteiger partial charge in [0.05, 0.1) is 6.20 Å². The van der Waals surface area contributed by atoms with Gasteiger partial charge in [0.2, 0.25) is 0 Å². The highest BCUT2D eigenvalue weighted by Crippen LogP contribution is 1.90. The molecular formula is C3H4N2OS. The Labute approximate surface area is 47.6 Å². The standard InChI is InChI=1S/C3H2N2O.H2S/c6-3-1-2-4-5-3;/h1-2H;1H2. The summed E-state index contributed by atoms with van der Waals surface area (Å²) in [4.78, 5) is 9.90. The molecule has 0 aromatic heterocycles. The van der Waals surface area contributed by atoms with Gasteiger partial charge in [-0.05, 0) is 0 Å². The largest absolute Gasteiger partial charge is 0.289 e. The van der Waals surface area contributed by atoms with Gasteiger partial charge >= 0.3 is 0 Å². The second-order valence-electron chi connectivity index (χ2n) is 0.869. The lowest BCUT2D eigenvalue weighted by atomic mass is 10.6. The van der Waals surface area contributed by atoms with E-state index in [1.807, 2.05) is 0 Å². The van der Waals surface area contributed by atoms with Crippen LogP contribution >= 0.6 is 13.5 Å². The monoisotopic (exact) mass is 116 g/mol. The van der Waals surface area contributed by atoms with Gasteiger partial charge in [-0.15, -0.1) is 5.11 Å². The van der Waals surface area contributed by atoms with E-state index in [0.717, 1.165) is 0 Å². The van der Waals surface area contributed by atoms with Crippen molar-refractivity contribution < 1.29 is 4.79 Å². The topological polar surface area (TPSA) is 41.8 Å². The van der Waals surface area contributed by atoms with Crippen LogP contribution in [-0.4, -0.2) is 5.91 Å². The molecule has 0 aromatic carbocycles. The fourth-order valence-electron chi connectivity index (χ4n) is 0.221. The summed E-state index contributed by atoms with van der Waals surface area (Å²) in [6.45, 7) is 0. The molecule has 0 unspecified atom stereocenters. The number of nitrogens with zero attached hydrogens (tertiary/aromatic N) is 2. The van der Waals surface area contributed by atoms with Crippen molar-refractivity contribution in [1.82, 2.24) is 0 Å². The Morgan fingerprint density at radius 2 is 2.29 bits per heavy atom. The van der Waals surface area contributed by atoms with E-state index in [2.05, 4.69) is 10.2 Å². The lowest BCUT2D eigenvalue weighted by molar-refractivity contribution is -0.113. The number of amides is 1. The van der Waals surface area contributed by atoms with E-state index < -0.39 is 0 Å². The molecule has 38 valence electrons. The van der Waals surface area contributed by atoms with Crippen LogP contribution in [0.3, 0.4) is 0 Å². The average Bonchev–Trinajstić information content (AvgIpc) is 1.86. The van der Waals surface area contributed by atoms with Crippen LogP contribution in [0, 0.1) is 0 Å². The summed E-state index contributed by atoms with van der Waals surface area (Å²) in [5.41, 5.74) is 0. The first kappa shape index (κ1) is 6.36. The highest BCUT2D eigenvalue weighted by molar-refractivity contribution is 7.59. The van der Waals surface area contributed by atoms with Crippen molar-refractivity contribution in [3.8, 4) is 0 Å². The molecule has 0 saturated carbocycles. The molecule has 0 saturated heterocycles. The Kier molecular flexibility index (Phi) is 2.29. The molecule has 0 atom stereocenters. The summed E-state index contributed by atoms with van der Waals surface area (Å²) in [5, 5.41) is 6.37. The second-order valence-corrected chi connectivity index (χ2v) is 0.869. The summed E-state index contributed by atoms with van der Waals surface area (Å²) in [6, 6.07) is 0. The van der Waals surface area contributed by atoms with Gasteiger partial charge in [0.15, 0.2) is 0 Å². The smallest absolute Gasteiger partial charge is 0.266 e. The Bertz CT molecular complexity index is 115. The average molecular weight is 116 g/mol. The van der Waals surface area contributed by atoms with Crippen LogP contribution in [0.15, 0.2) is 22.5 Å². The molecule has 1 rings (SSSR count). The van der Waals surface area contributed by atoms with Crippen LogP contribution in [0.25, 0.3) is 0 Å². The van der Waals surface area contributed by atoms with Gasteiger partial charge in [-0.3, -0.25) is 4.79 Å². The molecule has 7 heavy (non-hydrogen) atoms. The molecule has 3 nitrogen and oxygen atoms in total. The highest BCUT2D eigenvalue weighted by atomic mass is 32.1. The lowest BCUT2D eigenvalue weighted by Crippen LogP contribution is -1.74. The fourth-order valence-corrected chi connectivity index (χ4v) is 0.221. The minimum atomic E-state index is -0.269. The zero-order chi connectivity index (χ0) is 4.41. The van der Waals surface area contributed by atoms with E-state index in [9.17, 15) is 4.79 Å². The summed E-state index contributed by atoms with van der Waals surface area (Å²) in [5.74, 6) is -0.269. The minimum Gasteiger partial charge on any atom is -0.266 e. The maximum Gasteiger partial charge on any atom is 0.289 e. The first-order valence-electron chi connectivity index (χ1n) is 1.51. The number of hydrogen-bond acceptors (Lipinski definition) is 2. The summed E-state index contributed by atoms with van der Waals surface area (Å²) in [6.07, 6.45) is 2.67. The van der Waals surface area contributed by atoms with Crippen LogP contribution in [0.2, 0.25) is 0 Å². The number of carbonyl (C=O) groups excluding carboxylic acids is 1. The normalized spacial score (nSPS) is 14.6. The van der Waals surface area contributed by atoms with Gasteiger partial charge in [-0.2, -0.15) is 18.6 Å². The SMILES string of the molecule is O=C1C=CN=N1.S. The zero-order valence-corrected chi connectivity index (χ0v) is 4.46. The molecule has 0 bridgehead atoms. The van der Waals surface area contributed by atoms with Gasteiger partial charge in [0.1, 0.15) is 0 Å². The molecule has 4 heteroatoms. The third-order valence-electron chi connectivity index (χ3n) is 0.440. The minimum absolute atomic E-state index is 0. The molecular weight excluding hydrogens is 112 g/mol. The Morgan fingerprint density at radius 3 is 2.43 bits per heavy atom. The van der Waals surface area contributed by atoms with E-state index in [1.54, 1.807) is 0 Å². The lowest BCUT2D eigenvalue weighted by Gasteiger charge is -1.59. The molecule has 1 aliphatic rings. The number of hydrogen-bond donors (Lipinski definition) is 0. The van der Waals surface area contributed by atoms with Crippen molar-refractivity contribution in [2.45, 2.75) is 0 Å². The molecule has 1 aliphatic heterocycles. The molecule has 0 aliphatic carbocycles. The molecule has 0 N–H and O–H groups in total. The number of azo groups is 1. The summed E-state index contributed by atoms with van der Waals surface area (Å²) >= 11 is 0. The summed E-state index contributed by atoms with van der Waals surface area (Å²) < 4.78 is 0. The van der Waals surface area contributed by atoms with E-state index in [0.29, 0.717) is 0 Å². The Hall–Kier alpha value is -0.640. The van der Waals surface area contributed by atoms with Gasteiger partial charge in [0, 0.05) is 6.08 Å². The van der Waals surface area contributed by atoms with Crippen molar-refractivity contribution in [3.05, 3.63) is 12.3 Å². The van der Waals surface area contributed by atoms with E-state index >= 15 is 0 Å².